The lowest BCUT2D eigenvalue weighted by atomic mass is 10.0. The van der Waals surface area contributed by atoms with Gasteiger partial charge in [-0.1, -0.05) is 0 Å². The van der Waals surface area contributed by atoms with Crippen LogP contribution in [0.1, 0.15) is 40.0 Å². The smallest absolute Gasteiger partial charge is 0.0125 e. The summed E-state index contributed by atoms with van der Waals surface area (Å²) in [5, 5.41) is 3.47. The maximum absolute atomic E-state index is 3.47. The molecular formula is C14H29N3. The summed E-state index contributed by atoms with van der Waals surface area (Å²) in [5.41, 5.74) is 0.337. The minimum atomic E-state index is 0.337. The molecule has 0 spiro atoms. The lowest BCUT2D eigenvalue weighted by Gasteiger charge is -2.36. The Morgan fingerprint density at radius 3 is 2.29 bits per heavy atom. The molecule has 2 aliphatic rings. The fourth-order valence-corrected chi connectivity index (χ4v) is 3.15. The van der Waals surface area contributed by atoms with E-state index in [0.717, 1.165) is 6.04 Å². The first kappa shape index (κ1) is 13.3. The number of nitrogens with one attached hydrogen (secondary N) is 1. The minimum absolute atomic E-state index is 0.337. The maximum atomic E-state index is 3.47. The van der Waals surface area contributed by atoms with Crippen LogP contribution in [0.5, 0.6) is 0 Å². The third-order valence-corrected chi connectivity index (χ3v) is 4.30. The summed E-state index contributed by atoms with van der Waals surface area (Å²) >= 11 is 0. The van der Waals surface area contributed by atoms with Gasteiger partial charge in [0.1, 0.15) is 0 Å². The first-order chi connectivity index (χ1) is 8.07. The van der Waals surface area contributed by atoms with Crippen LogP contribution in [-0.4, -0.2) is 60.6 Å². The Hall–Kier alpha value is -0.120. The molecule has 0 bridgehead atoms. The molecule has 2 aliphatic heterocycles. The molecule has 2 rings (SSSR count). The summed E-state index contributed by atoms with van der Waals surface area (Å²) < 4.78 is 0. The zero-order valence-electron chi connectivity index (χ0n) is 11.8. The molecule has 0 atom stereocenters. The van der Waals surface area contributed by atoms with Gasteiger partial charge < -0.3 is 5.32 Å². The molecule has 0 aromatic rings. The molecule has 17 heavy (non-hydrogen) atoms. The van der Waals surface area contributed by atoms with Crippen LogP contribution in [0.3, 0.4) is 0 Å². The molecule has 0 radical (unpaired) electrons. The Balaban J connectivity index is 1.86. The van der Waals surface area contributed by atoms with Crippen molar-refractivity contribution >= 4 is 0 Å². The van der Waals surface area contributed by atoms with Crippen molar-refractivity contribution < 1.29 is 0 Å². The molecule has 2 heterocycles. The van der Waals surface area contributed by atoms with Gasteiger partial charge in [-0.2, -0.15) is 0 Å². The number of hydrogen-bond donors (Lipinski definition) is 1. The van der Waals surface area contributed by atoms with Crippen molar-refractivity contribution in [1.29, 1.82) is 0 Å². The Morgan fingerprint density at radius 2 is 1.65 bits per heavy atom. The van der Waals surface area contributed by atoms with Crippen molar-refractivity contribution in [1.82, 2.24) is 15.1 Å². The van der Waals surface area contributed by atoms with Gasteiger partial charge >= 0.3 is 0 Å². The van der Waals surface area contributed by atoms with Crippen molar-refractivity contribution in [2.75, 3.05) is 39.3 Å². The van der Waals surface area contributed by atoms with Crippen LogP contribution in [0.2, 0.25) is 0 Å². The first-order valence-corrected chi connectivity index (χ1v) is 7.27. The van der Waals surface area contributed by atoms with Crippen LogP contribution in [0.25, 0.3) is 0 Å². The van der Waals surface area contributed by atoms with E-state index in [4.69, 9.17) is 0 Å². The summed E-state index contributed by atoms with van der Waals surface area (Å²) in [4.78, 5) is 5.39. The van der Waals surface area contributed by atoms with Crippen LogP contribution in [0, 0.1) is 0 Å². The standard InChI is InChI=1S/C14H29N3/c1-14(2,3)17-10-4-9-16(11-12-17)13-5-7-15-8-6-13/h13,15H,4-12H2,1-3H3. The third-order valence-electron chi connectivity index (χ3n) is 4.30. The molecule has 0 aromatic carbocycles. The largest absolute Gasteiger partial charge is 0.317 e. The highest BCUT2D eigenvalue weighted by atomic mass is 15.3. The van der Waals surface area contributed by atoms with E-state index < -0.39 is 0 Å². The Morgan fingerprint density at radius 1 is 0.941 bits per heavy atom. The van der Waals surface area contributed by atoms with E-state index in [9.17, 15) is 0 Å². The average Bonchev–Trinajstić information content (AvgIpc) is 2.55. The molecule has 0 aromatic heterocycles. The SMILES string of the molecule is CC(C)(C)N1CCCN(C2CCNCC2)CC1. The number of nitrogens with zero attached hydrogens (tertiary/aromatic N) is 2. The zero-order valence-corrected chi connectivity index (χ0v) is 11.8. The van der Waals surface area contributed by atoms with Gasteiger partial charge in [0.05, 0.1) is 0 Å². The molecule has 0 amide bonds. The second-order valence-corrected chi connectivity index (χ2v) is 6.53. The van der Waals surface area contributed by atoms with Crippen molar-refractivity contribution in [3.63, 3.8) is 0 Å². The topological polar surface area (TPSA) is 18.5 Å². The van der Waals surface area contributed by atoms with Gasteiger partial charge in [0.25, 0.3) is 0 Å². The van der Waals surface area contributed by atoms with Crippen LogP contribution in [0.15, 0.2) is 0 Å². The van der Waals surface area contributed by atoms with Gasteiger partial charge in [-0.05, 0) is 66.2 Å². The number of piperidine rings is 1. The van der Waals surface area contributed by atoms with Gasteiger partial charge in [0.15, 0.2) is 0 Å². The molecule has 0 unspecified atom stereocenters. The lowest BCUT2D eigenvalue weighted by molar-refractivity contribution is 0.127. The summed E-state index contributed by atoms with van der Waals surface area (Å²) in [6, 6.07) is 0.844. The highest BCUT2D eigenvalue weighted by Gasteiger charge is 2.27. The number of rotatable bonds is 1. The van der Waals surface area contributed by atoms with E-state index >= 15 is 0 Å². The van der Waals surface area contributed by atoms with Crippen LogP contribution in [-0.2, 0) is 0 Å². The second kappa shape index (κ2) is 5.68. The van der Waals surface area contributed by atoms with E-state index in [0.29, 0.717) is 5.54 Å². The predicted octanol–water partition coefficient (Wildman–Crippen LogP) is 1.54. The van der Waals surface area contributed by atoms with E-state index in [-0.39, 0.29) is 0 Å². The van der Waals surface area contributed by atoms with Gasteiger partial charge in [-0.3, -0.25) is 9.80 Å². The Kier molecular flexibility index (Phi) is 4.45. The summed E-state index contributed by atoms with van der Waals surface area (Å²) in [5.74, 6) is 0. The molecule has 1 N–H and O–H groups in total. The van der Waals surface area contributed by atoms with Crippen molar-refractivity contribution in [2.24, 2.45) is 0 Å². The molecule has 0 aliphatic carbocycles. The van der Waals surface area contributed by atoms with Crippen LogP contribution in [0.4, 0.5) is 0 Å². The van der Waals surface area contributed by atoms with Crippen molar-refractivity contribution in [3.05, 3.63) is 0 Å². The molecule has 100 valence electrons. The van der Waals surface area contributed by atoms with E-state index in [1.807, 2.05) is 0 Å². The maximum Gasteiger partial charge on any atom is 0.0125 e. The summed E-state index contributed by atoms with van der Waals surface area (Å²) in [6.07, 6.45) is 4.02. The highest BCUT2D eigenvalue weighted by Crippen LogP contribution is 2.19. The molecule has 0 saturated carbocycles. The van der Waals surface area contributed by atoms with Crippen molar-refractivity contribution in [2.45, 2.75) is 51.6 Å². The van der Waals surface area contributed by atoms with Crippen molar-refractivity contribution in [3.8, 4) is 0 Å². The normalized spacial score (nSPS) is 27.0. The quantitative estimate of drug-likeness (QED) is 0.749. The Labute approximate surface area is 107 Å². The van der Waals surface area contributed by atoms with Gasteiger partial charge in [0, 0.05) is 24.7 Å². The zero-order chi connectivity index (χ0) is 12.3. The van der Waals surface area contributed by atoms with Gasteiger partial charge in [-0.25, -0.2) is 0 Å². The monoisotopic (exact) mass is 239 g/mol. The second-order valence-electron chi connectivity index (χ2n) is 6.53. The van der Waals surface area contributed by atoms with Gasteiger partial charge in [0.2, 0.25) is 0 Å². The summed E-state index contributed by atoms with van der Waals surface area (Å²) in [7, 11) is 0. The van der Waals surface area contributed by atoms with E-state index in [1.54, 1.807) is 0 Å². The first-order valence-electron chi connectivity index (χ1n) is 7.27. The predicted molar refractivity (Wildman–Crippen MR) is 73.4 cm³/mol. The Bertz CT molecular complexity index is 228. The number of hydrogen-bond acceptors (Lipinski definition) is 3. The van der Waals surface area contributed by atoms with E-state index in [1.165, 1.54) is 58.5 Å². The fourth-order valence-electron chi connectivity index (χ4n) is 3.15. The highest BCUT2D eigenvalue weighted by molar-refractivity contribution is 4.84. The van der Waals surface area contributed by atoms with Gasteiger partial charge in [-0.15, -0.1) is 0 Å². The average molecular weight is 239 g/mol. The minimum Gasteiger partial charge on any atom is -0.317 e. The molecule has 3 nitrogen and oxygen atoms in total. The molecule has 2 fully saturated rings. The lowest BCUT2D eigenvalue weighted by Crippen LogP contribution is -2.46. The molecular weight excluding hydrogens is 210 g/mol. The molecule has 2 saturated heterocycles. The van der Waals surface area contributed by atoms with E-state index in [2.05, 4.69) is 35.9 Å². The van der Waals surface area contributed by atoms with Crippen LogP contribution >= 0.6 is 0 Å². The third kappa shape index (κ3) is 3.67. The van der Waals surface area contributed by atoms with Crippen LogP contribution < -0.4 is 5.32 Å². The summed E-state index contributed by atoms with van der Waals surface area (Å²) in [6.45, 7) is 14.5. The molecule has 3 heteroatoms. The fraction of sp³-hybridized carbons (Fsp3) is 1.00.